The van der Waals surface area contributed by atoms with Crippen LogP contribution in [0.15, 0.2) is 30.5 Å². The number of morpholine rings is 1. The second kappa shape index (κ2) is 6.85. The number of aromatic nitrogens is 2. The van der Waals surface area contributed by atoms with E-state index in [-0.39, 0.29) is 24.2 Å². The van der Waals surface area contributed by atoms with Crippen LogP contribution < -0.4 is 0 Å². The molecule has 0 bridgehead atoms. The molecule has 8 heteroatoms. The van der Waals surface area contributed by atoms with Crippen LogP contribution in [-0.2, 0) is 9.53 Å². The van der Waals surface area contributed by atoms with Crippen molar-refractivity contribution >= 4 is 23.5 Å². The van der Waals surface area contributed by atoms with Gasteiger partial charge >= 0.3 is 5.97 Å². The maximum absolute atomic E-state index is 12.8. The van der Waals surface area contributed by atoms with Gasteiger partial charge in [0.05, 0.1) is 23.4 Å². The smallest absolute Gasteiger partial charge is 0.334 e. The zero-order chi connectivity index (χ0) is 18.1. The van der Waals surface area contributed by atoms with Gasteiger partial charge in [0.1, 0.15) is 0 Å². The lowest BCUT2D eigenvalue weighted by Crippen LogP contribution is -2.52. The number of carbonyl (C=O) groups excluding carboxylic acids is 1. The number of para-hydroxylation sites is 1. The molecule has 1 aromatic heterocycles. The molecule has 1 fully saturated rings. The Morgan fingerprint density at radius 2 is 2.04 bits per heavy atom. The molecule has 1 aliphatic rings. The Labute approximate surface area is 149 Å². The lowest BCUT2D eigenvalue weighted by molar-refractivity contribution is -0.160. The quantitative estimate of drug-likeness (QED) is 0.903. The monoisotopic (exact) mass is 363 g/mol. The van der Waals surface area contributed by atoms with Gasteiger partial charge in [-0.05, 0) is 26.0 Å². The van der Waals surface area contributed by atoms with Crippen molar-refractivity contribution in [2.24, 2.45) is 0 Å². The lowest BCUT2D eigenvalue weighted by Gasteiger charge is -2.34. The third-order valence-electron chi connectivity index (χ3n) is 4.02. The normalized spacial score (nSPS) is 20.5. The van der Waals surface area contributed by atoms with Crippen LogP contribution in [0.1, 0.15) is 23.0 Å². The van der Waals surface area contributed by atoms with E-state index < -0.39 is 12.1 Å². The number of carboxylic acid groups (broad SMARTS) is 1. The van der Waals surface area contributed by atoms with Crippen molar-refractivity contribution in [1.29, 1.82) is 0 Å². The highest BCUT2D eigenvalue weighted by molar-refractivity contribution is 6.32. The summed E-state index contributed by atoms with van der Waals surface area (Å²) >= 11 is 6.18. The van der Waals surface area contributed by atoms with Crippen molar-refractivity contribution < 1.29 is 19.4 Å². The molecule has 1 saturated heterocycles. The van der Waals surface area contributed by atoms with Gasteiger partial charge in [0.15, 0.2) is 11.8 Å². The number of amides is 1. The van der Waals surface area contributed by atoms with Gasteiger partial charge in [-0.3, -0.25) is 4.79 Å². The van der Waals surface area contributed by atoms with Crippen LogP contribution in [0.3, 0.4) is 0 Å². The lowest BCUT2D eigenvalue weighted by atomic mass is 10.2. The van der Waals surface area contributed by atoms with Gasteiger partial charge in [0, 0.05) is 18.3 Å². The van der Waals surface area contributed by atoms with Crippen molar-refractivity contribution in [3.8, 4) is 5.69 Å². The molecule has 1 unspecified atom stereocenters. The second-order valence-electron chi connectivity index (χ2n) is 6.04. The maximum atomic E-state index is 12.8. The van der Waals surface area contributed by atoms with Gasteiger partial charge in [-0.2, -0.15) is 5.10 Å². The molecule has 0 aliphatic carbocycles. The molecule has 0 spiro atoms. The number of aliphatic carboxylic acids is 1. The summed E-state index contributed by atoms with van der Waals surface area (Å²) in [4.78, 5) is 25.5. The number of carboxylic acids is 1. The molecule has 1 N–H and O–H groups in total. The third-order valence-corrected chi connectivity index (χ3v) is 4.34. The van der Waals surface area contributed by atoms with E-state index in [0.29, 0.717) is 22.8 Å². The molecule has 25 heavy (non-hydrogen) atoms. The predicted molar refractivity (Wildman–Crippen MR) is 91.2 cm³/mol. The summed E-state index contributed by atoms with van der Waals surface area (Å²) < 4.78 is 6.91. The number of hydrogen-bond acceptors (Lipinski definition) is 4. The van der Waals surface area contributed by atoms with E-state index in [0.717, 1.165) is 0 Å². The minimum atomic E-state index is -1.08. The van der Waals surface area contributed by atoms with Gasteiger partial charge in [0.2, 0.25) is 0 Å². The minimum Gasteiger partial charge on any atom is -0.479 e. The van der Waals surface area contributed by atoms with Crippen molar-refractivity contribution in [3.63, 3.8) is 0 Å². The van der Waals surface area contributed by atoms with E-state index in [1.54, 1.807) is 36.9 Å². The molecule has 3 rings (SSSR count). The van der Waals surface area contributed by atoms with E-state index in [1.165, 1.54) is 4.90 Å². The van der Waals surface area contributed by atoms with E-state index >= 15 is 0 Å². The fourth-order valence-corrected chi connectivity index (χ4v) is 3.06. The highest BCUT2D eigenvalue weighted by Gasteiger charge is 2.34. The van der Waals surface area contributed by atoms with Gasteiger partial charge in [0.25, 0.3) is 5.91 Å². The van der Waals surface area contributed by atoms with Crippen molar-refractivity contribution in [3.05, 3.63) is 46.7 Å². The minimum absolute atomic E-state index is 0.00308. The number of carbonyl (C=O) groups is 2. The number of nitrogens with zero attached hydrogens (tertiary/aromatic N) is 3. The predicted octanol–water partition coefficient (Wildman–Crippen LogP) is 2.15. The highest BCUT2D eigenvalue weighted by Crippen LogP contribution is 2.22. The van der Waals surface area contributed by atoms with Crippen LogP contribution >= 0.6 is 11.6 Å². The number of ether oxygens (including phenoxy) is 1. The first-order valence-corrected chi connectivity index (χ1v) is 8.23. The van der Waals surface area contributed by atoms with Crippen LogP contribution in [0.5, 0.6) is 0 Å². The summed E-state index contributed by atoms with van der Waals surface area (Å²) in [5.41, 5.74) is 1.64. The molecule has 2 heterocycles. The highest BCUT2D eigenvalue weighted by atomic mass is 35.5. The molecule has 2 atom stereocenters. The summed E-state index contributed by atoms with van der Waals surface area (Å²) in [6, 6.07) is 7.20. The average Bonchev–Trinajstić information content (AvgIpc) is 2.95. The first-order chi connectivity index (χ1) is 11.9. The molecule has 1 aromatic carbocycles. The molecule has 0 saturated carbocycles. The van der Waals surface area contributed by atoms with Crippen LogP contribution in [0, 0.1) is 6.92 Å². The molecule has 132 valence electrons. The maximum Gasteiger partial charge on any atom is 0.334 e. The van der Waals surface area contributed by atoms with Crippen molar-refractivity contribution in [2.45, 2.75) is 26.1 Å². The molecular formula is C17H18ClN3O4. The van der Waals surface area contributed by atoms with Crippen LogP contribution in [0.2, 0.25) is 5.02 Å². The zero-order valence-electron chi connectivity index (χ0n) is 13.8. The Morgan fingerprint density at radius 3 is 2.72 bits per heavy atom. The SMILES string of the molecule is Cc1cn(-c2ccccc2Cl)nc1C(=O)N1CC(C(=O)O)O[C@H](C)C1. The Bertz CT molecular complexity index is 820. The summed E-state index contributed by atoms with van der Waals surface area (Å²) in [6.07, 6.45) is 0.343. The number of aryl methyl sites for hydroxylation is 1. The first-order valence-electron chi connectivity index (χ1n) is 7.85. The Morgan fingerprint density at radius 1 is 1.32 bits per heavy atom. The van der Waals surface area contributed by atoms with Crippen molar-refractivity contribution in [2.75, 3.05) is 13.1 Å². The summed E-state index contributed by atoms with van der Waals surface area (Å²) in [6.45, 7) is 3.84. The standard InChI is InChI=1S/C17H18ClN3O4/c1-10-7-21(13-6-4-3-5-12(13)18)19-15(10)16(22)20-8-11(2)25-14(9-20)17(23)24/h3-7,11,14H,8-9H2,1-2H3,(H,23,24)/t11-,14?/m1/s1. The van der Waals surface area contributed by atoms with Crippen LogP contribution in [0.25, 0.3) is 5.69 Å². The molecule has 1 aliphatic heterocycles. The third kappa shape index (κ3) is 3.52. The van der Waals surface area contributed by atoms with E-state index in [1.807, 2.05) is 12.1 Å². The fourth-order valence-electron chi connectivity index (χ4n) is 2.84. The van der Waals surface area contributed by atoms with E-state index in [9.17, 15) is 9.59 Å². The summed E-state index contributed by atoms with van der Waals surface area (Å²) in [5.74, 6) is -1.40. The van der Waals surface area contributed by atoms with Gasteiger partial charge in [-0.15, -0.1) is 0 Å². The Balaban J connectivity index is 1.88. The number of hydrogen-bond donors (Lipinski definition) is 1. The van der Waals surface area contributed by atoms with E-state index in [4.69, 9.17) is 21.4 Å². The Kier molecular flexibility index (Phi) is 4.78. The molecule has 0 radical (unpaired) electrons. The largest absolute Gasteiger partial charge is 0.479 e. The zero-order valence-corrected chi connectivity index (χ0v) is 14.6. The summed E-state index contributed by atoms with van der Waals surface area (Å²) in [5, 5.41) is 14.1. The van der Waals surface area contributed by atoms with Crippen molar-refractivity contribution in [1.82, 2.24) is 14.7 Å². The fraction of sp³-hybridized carbons (Fsp3) is 0.353. The number of rotatable bonds is 3. The van der Waals surface area contributed by atoms with E-state index in [2.05, 4.69) is 5.10 Å². The van der Waals surface area contributed by atoms with Crippen LogP contribution in [0.4, 0.5) is 0 Å². The van der Waals surface area contributed by atoms with Crippen LogP contribution in [-0.4, -0.2) is 57.0 Å². The van der Waals surface area contributed by atoms with Gasteiger partial charge in [-0.25, -0.2) is 9.48 Å². The molecule has 7 nitrogen and oxygen atoms in total. The number of halogens is 1. The second-order valence-corrected chi connectivity index (χ2v) is 6.45. The van der Waals surface area contributed by atoms with Gasteiger partial charge in [-0.1, -0.05) is 23.7 Å². The average molecular weight is 364 g/mol. The number of benzene rings is 1. The van der Waals surface area contributed by atoms with Gasteiger partial charge < -0.3 is 14.7 Å². The first kappa shape index (κ1) is 17.4. The summed E-state index contributed by atoms with van der Waals surface area (Å²) in [7, 11) is 0. The molecular weight excluding hydrogens is 346 g/mol. The molecule has 1 amide bonds. The Hall–Kier alpha value is -2.38. The molecule has 2 aromatic rings. The topological polar surface area (TPSA) is 84.7 Å².